The third-order valence-electron chi connectivity index (χ3n) is 1.78. The van der Waals surface area contributed by atoms with Crippen LogP contribution in [-0.4, -0.2) is 35.1 Å². The maximum absolute atomic E-state index is 13.1. The molecule has 0 saturated heterocycles. The third kappa shape index (κ3) is 4.05. The molecule has 0 aromatic rings. The van der Waals surface area contributed by atoms with E-state index in [0.29, 0.717) is 7.11 Å². The summed E-state index contributed by atoms with van der Waals surface area (Å²) < 4.78 is 70.6. The van der Waals surface area contributed by atoms with Gasteiger partial charge in [-0.25, -0.2) is 9.00 Å². The van der Waals surface area contributed by atoms with E-state index in [9.17, 15) is 26.6 Å². The molecule has 0 bridgehead atoms. The number of halogens is 4. The fourth-order valence-electron chi connectivity index (χ4n) is 0.767. The van der Waals surface area contributed by atoms with Crippen molar-refractivity contribution in [2.75, 3.05) is 13.7 Å². The Morgan fingerprint density at radius 2 is 1.83 bits per heavy atom. The van der Waals surface area contributed by atoms with Crippen LogP contribution in [0, 0.1) is 0 Å². The lowest BCUT2D eigenvalue weighted by molar-refractivity contribution is -0.171. The highest BCUT2D eigenvalue weighted by molar-refractivity contribution is 7.81. The topological polar surface area (TPSA) is 52.6 Å². The predicted octanol–water partition coefficient (Wildman–Crippen LogP) is 2.03. The lowest BCUT2D eigenvalue weighted by Crippen LogP contribution is -2.45. The van der Waals surface area contributed by atoms with Crippen LogP contribution in [0.15, 0.2) is 12.2 Å². The number of hydrogen-bond donors (Lipinski definition) is 0. The van der Waals surface area contributed by atoms with E-state index < -0.39 is 41.3 Å². The number of rotatable bonds is 7. The van der Waals surface area contributed by atoms with Crippen molar-refractivity contribution in [1.29, 1.82) is 0 Å². The highest BCUT2D eigenvalue weighted by Gasteiger charge is 2.61. The summed E-state index contributed by atoms with van der Waals surface area (Å²) in [5.41, 5.74) is -0.0504. The van der Waals surface area contributed by atoms with Gasteiger partial charge in [-0.15, -0.1) is 0 Å². The number of esters is 1. The molecule has 0 saturated carbocycles. The third-order valence-corrected chi connectivity index (χ3v) is 2.80. The zero-order valence-corrected chi connectivity index (χ0v) is 10.5. The molecule has 0 aromatic carbocycles. The van der Waals surface area contributed by atoms with Gasteiger partial charge in [0.1, 0.15) is 0 Å². The molecule has 0 radical (unpaired) electrons. The van der Waals surface area contributed by atoms with Crippen LogP contribution in [0.1, 0.15) is 13.3 Å². The SMILES string of the molecule is C=C(C)C(=O)OCCC(F)(F)C(F)(F)S(=O)OC. The molecule has 106 valence electrons. The first kappa shape index (κ1) is 17.0. The summed E-state index contributed by atoms with van der Waals surface area (Å²) in [4.78, 5) is 10.8. The minimum absolute atomic E-state index is 0.0504. The molecule has 0 spiro atoms. The predicted molar refractivity (Wildman–Crippen MR) is 55.4 cm³/mol. The van der Waals surface area contributed by atoms with Gasteiger partial charge in [0.25, 0.3) is 0 Å². The Labute approximate surface area is 104 Å². The smallest absolute Gasteiger partial charge is 0.406 e. The van der Waals surface area contributed by atoms with Crippen LogP contribution < -0.4 is 0 Å². The lowest BCUT2D eigenvalue weighted by Gasteiger charge is -2.24. The molecule has 0 N–H and O–H groups in total. The van der Waals surface area contributed by atoms with Crippen molar-refractivity contribution < 1.29 is 35.5 Å². The molecule has 0 fully saturated rings. The first-order chi connectivity index (χ1) is 8.06. The van der Waals surface area contributed by atoms with Crippen LogP contribution in [0.4, 0.5) is 17.6 Å². The second kappa shape index (κ2) is 6.28. The Morgan fingerprint density at radius 3 is 2.22 bits per heavy atom. The minimum atomic E-state index is -4.86. The molecule has 0 aliphatic heterocycles. The van der Waals surface area contributed by atoms with E-state index in [0.717, 1.165) is 0 Å². The molecular weight excluding hydrogens is 280 g/mol. The van der Waals surface area contributed by atoms with Crippen molar-refractivity contribution in [3.05, 3.63) is 12.2 Å². The van der Waals surface area contributed by atoms with Crippen molar-refractivity contribution in [2.45, 2.75) is 24.5 Å². The Morgan fingerprint density at radius 1 is 1.33 bits per heavy atom. The van der Waals surface area contributed by atoms with Crippen molar-refractivity contribution in [2.24, 2.45) is 0 Å². The average Bonchev–Trinajstić information content (AvgIpc) is 2.26. The van der Waals surface area contributed by atoms with Gasteiger partial charge in [0.15, 0.2) is 0 Å². The zero-order chi connectivity index (χ0) is 14.6. The molecule has 1 unspecified atom stereocenters. The van der Waals surface area contributed by atoms with E-state index in [1.54, 1.807) is 0 Å². The first-order valence-electron chi connectivity index (χ1n) is 4.61. The summed E-state index contributed by atoms with van der Waals surface area (Å²) in [6, 6.07) is 0. The molecule has 0 aromatic heterocycles. The standard InChI is InChI=1S/C9H12F4O4S/c1-6(2)7(14)17-5-4-8(10,11)9(12,13)18(15)16-3/h1,4-5H2,2-3H3. The van der Waals surface area contributed by atoms with Gasteiger partial charge in [0.2, 0.25) is 11.1 Å². The average molecular weight is 292 g/mol. The van der Waals surface area contributed by atoms with Crippen molar-refractivity contribution in [1.82, 2.24) is 0 Å². The van der Waals surface area contributed by atoms with Gasteiger partial charge in [0, 0.05) is 5.57 Å². The fraction of sp³-hybridized carbons (Fsp3) is 0.667. The molecule has 18 heavy (non-hydrogen) atoms. The van der Waals surface area contributed by atoms with Gasteiger partial charge in [-0.1, -0.05) is 6.58 Å². The van der Waals surface area contributed by atoms with E-state index in [-0.39, 0.29) is 5.57 Å². The Balaban J connectivity index is 4.52. The number of alkyl halides is 4. The van der Waals surface area contributed by atoms with Gasteiger partial charge in [-0.2, -0.15) is 17.6 Å². The van der Waals surface area contributed by atoms with Crippen molar-refractivity contribution in [3.8, 4) is 0 Å². The molecule has 0 rings (SSSR count). The minimum Gasteiger partial charge on any atom is -0.462 e. The highest BCUT2D eigenvalue weighted by Crippen LogP contribution is 2.39. The van der Waals surface area contributed by atoms with Gasteiger partial charge in [-0.3, -0.25) is 4.18 Å². The van der Waals surface area contributed by atoms with E-state index >= 15 is 0 Å². The second-order valence-corrected chi connectivity index (χ2v) is 4.60. The largest absolute Gasteiger partial charge is 0.462 e. The summed E-state index contributed by atoms with van der Waals surface area (Å²) in [5, 5.41) is -4.86. The molecule has 4 nitrogen and oxygen atoms in total. The van der Waals surface area contributed by atoms with Crippen LogP contribution in [0.5, 0.6) is 0 Å². The summed E-state index contributed by atoms with van der Waals surface area (Å²) >= 11 is -3.47. The Kier molecular flexibility index (Phi) is 5.94. The number of carbonyl (C=O) groups is 1. The Bertz CT molecular complexity index is 356. The molecular formula is C9H12F4O4S. The van der Waals surface area contributed by atoms with Crippen LogP contribution in [0.25, 0.3) is 0 Å². The number of ether oxygens (including phenoxy) is 1. The van der Waals surface area contributed by atoms with E-state index in [4.69, 9.17) is 0 Å². The van der Waals surface area contributed by atoms with Gasteiger partial charge >= 0.3 is 17.1 Å². The summed E-state index contributed by atoms with van der Waals surface area (Å²) in [7, 11) is 0.612. The normalized spacial score (nSPS) is 14.1. The first-order valence-corrected chi connectivity index (χ1v) is 5.68. The molecule has 9 heteroatoms. The van der Waals surface area contributed by atoms with Gasteiger partial charge in [-0.05, 0) is 6.92 Å². The van der Waals surface area contributed by atoms with Crippen molar-refractivity contribution >= 4 is 17.0 Å². The molecule has 0 aliphatic carbocycles. The van der Waals surface area contributed by atoms with Gasteiger partial charge in [0.05, 0.1) is 20.1 Å². The monoisotopic (exact) mass is 292 g/mol. The molecule has 0 aliphatic rings. The Hall–Kier alpha value is -0.960. The highest BCUT2D eigenvalue weighted by atomic mass is 32.2. The van der Waals surface area contributed by atoms with Crippen LogP contribution >= 0.6 is 0 Å². The summed E-state index contributed by atoms with van der Waals surface area (Å²) in [5.74, 6) is -5.59. The summed E-state index contributed by atoms with van der Waals surface area (Å²) in [6.45, 7) is 3.51. The molecule has 0 heterocycles. The van der Waals surface area contributed by atoms with Crippen LogP contribution in [-0.2, 0) is 24.8 Å². The number of hydrogen-bond acceptors (Lipinski definition) is 4. The molecule has 1 atom stereocenters. The maximum atomic E-state index is 13.1. The quantitative estimate of drug-likeness (QED) is 0.409. The van der Waals surface area contributed by atoms with E-state index in [1.165, 1.54) is 6.92 Å². The van der Waals surface area contributed by atoms with Crippen LogP contribution in [0.3, 0.4) is 0 Å². The molecule has 0 amide bonds. The van der Waals surface area contributed by atoms with E-state index in [1.807, 2.05) is 0 Å². The summed E-state index contributed by atoms with van der Waals surface area (Å²) in [6.07, 6.45) is -1.48. The fourth-order valence-corrected chi connectivity index (χ4v) is 1.32. The van der Waals surface area contributed by atoms with E-state index in [2.05, 4.69) is 15.5 Å². The lowest BCUT2D eigenvalue weighted by atomic mass is 10.2. The van der Waals surface area contributed by atoms with Crippen LogP contribution in [0.2, 0.25) is 0 Å². The van der Waals surface area contributed by atoms with Gasteiger partial charge < -0.3 is 4.74 Å². The zero-order valence-electron chi connectivity index (χ0n) is 9.67. The number of carbonyl (C=O) groups excluding carboxylic acids is 1. The second-order valence-electron chi connectivity index (χ2n) is 3.29. The van der Waals surface area contributed by atoms with Crippen molar-refractivity contribution in [3.63, 3.8) is 0 Å². The maximum Gasteiger partial charge on any atom is 0.406 e.